The molecular formula is C21H22N2O4S. The number of hydrogen-bond acceptors (Lipinski definition) is 6. The third-order valence-electron chi connectivity index (χ3n) is 3.78. The lowest BCUT2D eigenvalue weighted by molar-refractivity contribution is -0.113. The molecule has 146 valence electrons. The van der Waals surface area contributed by atoms with Crippen molar-refractivity contribution in [2.75, 3.05) is 26.4 Å². The van der Waals surface area contributed by atoms with Gasteiger partial charge in [0.15, 0.2) is 5.17 Å². The molecule has 0 fully saturated rings. The van der Waals surface area contributed by atoms with Gasteiger partial charge in [0.05, 0.1) is 18.1 Å². The van der Waals surface area contributed by atoms with Crippen LogP contribution < -0.4 is 15.2 Å². The fourth-order valence-electron chi connectivity index (χ4n) is 2.52. The molecule has 0 spiro atoms. The first kappa shape index (κ1) is 20.0. The van der Waals surface area contributed by atoms with E-state index in [4.69, 9.17) is 19.9 Å². The number of carbonyl (C=O) groups is 1. The molecule has 0 atom stereocenters. The highest BCUT2D eigenvalue weighted by molar-refractivity contribution is 8.18. The van der Waals surface area contributed by atoms with Crippen LogP contribution in [0.15, 0.2) is 58.4 Å². The van der Waals surface area contributed by atoms with Crippen molar-refractivity contribution in [3.05, 3.63) is 64.6 Å². The Hall–Kier alpha value is -2.77. The van der Waals surface area contributed by atoms with Crippen LogP contribution in [0.4, 0.5) is 0 Å². The molecule has 2 aromatic rings. The molecule has 6 nitrogen and oxygen atoms in total. The summed E-state index contributed by atoms with van der Waals surface area (Å²) in [5, 5.41) is 0.271. The van der Waals surface area contributed by atoms with Crippen LogP contribution in [-0.4, -0.2) is 37.5 Å². The second kappa shape index (κ2) is 9.96. The van der Waals surface area contributed by atoms with E-state index >= 15 is 0 Å². The number of aliphatic imine (C=N–C) groups is 1. The van der Waals surface area contributed by atoms with Gasteiger partial charge in [-0.15, -0.1) is 0 Å². The van der Waals surface area contributed by atoms with E-state index in [1.165, 1.54) is 11.8 Å². The fourth-order valence-corrected chi connectivity index (χ4v) is 3.20. The standard InChI is InChI=1S/C21H22N2O4S/c1-15-4-2-6-17(12-15)26-10-8-25-9-11-27-18-7-3-5-16(13-18)14-19-20(24)23-21(22)28-19/h2-7,12-14H,8-11H2,1H3,(H2,22,23,24)/b19-14+. The molecule has 0 bridgehead atoms. The number of hydrogen-bond donors (Lipinski definition) is 1. The maximum Gasteiger partial charge on any atom is 0.286 e. The van der Waals surface area contributed by atoms with Crippen LogP contribution >= 0.6 is 11.8 Å². The molecule has 2 N–H and O–H groups in total. The highest BCUT2D eigenvalue weighted by Crippen LogP contribution is 2.27. The molecule has 1 amide bonds. The fraction of sp³-hybridized carbons (Fsp3) is 0.238. The number of amidine groups is 1. The van der Waals surface area contributed by atoms with E-state index in [-0.39, 0.29) is 11.1 Å². The number of ether oxygens (including phenoxy) is 3. The summed E-state index contributed by atoms with van der Waals surface area (Å²) in [7, 11) is 0. The smallest absolute Gasteiger partial charge is 0.286 e. The number of carbonyl (C=O) groups excluding carboxylic acids is 1. The molecule has 28 heavy (non-hydrogen) atoms. The van der Waals surface area contributed by atoms with E-state index in [9.17, 15) is 4.79 Å². The van der Waals surface area contributed by atoms with Crippen LogP contribution in [0, 0.1) is 6.92 Å². The molecule has 7 heteroatoms. The maximum absolute atomic E-state index is 11.7. The minimum atomic E-state index is -0.310. The SMILES string of the molecule is Cc1cccc(OCCOCCOc2cccc(/C=C3/SC(N)=NC3=O)c2)c1. The summed E-state index contributed by atoms with van der Waals surface area (Å²) in [5.41, 5.74) is 7.57. The van der Waals surface area contributed by atoms with Gasteiger partial charge >= 0.3 is 0 Å². The van der Waals surface area contributed by atoms with E-state index < -0.39 is 0 Å². The summed E-state index contributed by atoms with van der Waals surface area (Å²) in [5.74, 6) is 1.24. The van der Waals surface area contributed by atoms with Crippen LogP contribution in [0.25, 0.3) is 6.08 Å². The summed E-state index contributed by atoms with van der Waals surface area (Å²) in [6.07, 6.45) is 1.75. The van der Waals surface area contributed by atoms with Gasteiger partial charge in [-0.3, -0.25) is 4.79 Å². The van der Waals surface area contributed by atoms with E-state index in [1.54, 1.807) is 6.08 Å². The monoisotopic (exact) mass is 398 g/mol. The van der Waals surface area contributed by atoms with Crippen molar-refractivity contribution >= 4 is 28.9 Å². The summed E-state index contributed by atoms with van der Waals surface area (Å²) < 4.78 is 16.9. The molecule has 1 aliphatic rings. The molecule has 1 aliphatic heterocycles. The summed E-state index contributed by atoms with van der Waals surface area (Å²) >= 11 is 1.17. The molecule has 0 unspecified atom stereocenters. The van der Waals surface area contributed by atoms with Gasteiger partial charge in [-0.25, -0.2) is 0 Å². The van der Waals surface area contributed by atoms with Gasteiger partial charge in [0, 0.05) is 0 Å². The van der Waals surface area contributed by atoms with Crippen LogP contribution in [0.5, 0.6) is 11.5 Å². The largest absolute Gasteiger partial charge is 0.491 e. The number of nitrogens with two attached hydrogens (primary N) is 1. The molecule has 0 saturated carbocycles. The van der Waals surface area contributed by atoms with Crippen molar-refractivity contribution in [3.8, 4) is 11.5 Å². The average molecular weight is 398 g/mol. The number of nitrogens with zero attached hydrogens (tertiary/aromatic N) is 1. The van der Waals surface area contributed by atoms with Gasteiger partial charge in [-0.2, -0.15) is 4.99 Å². The Bertz CT molecular complexity index is 895. The quantitative estimate of drug-likeness (QED) is 0.515. The Balaban J connectivity index is 1.36. The van der Waals surface area contributed by atoms with Gasteiger partial charge < -0.3 is 19.9 Å². The molecule has 0 radical (unpaired) electrons. The predicted octanol–water partition coefficient (Wildman–Crippen LogP) is 3.40. The summed E-state index contributed by atoms with van der Waals surface area (Å²) in [4.78, 5) is 15.9. The normalized spacial score (nSPS) is 15.0. The van der Waals surface area contributed by atoms with Crippen molar-refractivity contribution in [3.63, 3.8) is 0 Å². The minimum Gasteiger partial charge on any atom is -0.491 e. The Morgan fingerprint density at radius 2 is 1.68 bits per heavy atom. The molecule has 1 heterocycles. The van der Waals surface area contributed by atoms with Crippen LogP contribution in [0.2, 0.25) is 0 Å². The maximum atomic E-state index is 11.7. The first-order valence-electron chi connectivity index (χ1n) is 8.88. The number of benzene rings is 2. The highest BCUT2D eigenvalue weighted by atomic mass is 32.2. The third-order valence-corrected chi connectivity index (χ3v) is 4.59. The van der Waals surface area contributed by atoms with Crippen LogP contribution in [0.1, 0.15) is 11.1 Å². The lowest BCUT2D eigenvalue weighted by atomic mass is 10.2. The van der Waals surface area contributed by atoms with Crippen molar-refractivity contribution in [2.24, 2.45) is 10.7 Å². The van der Waals surface area contributed by atoms with Crippen molar-refractivity contribution < 1.29 is 19.0 Å². The van der Waals surface area contributed by atoms with Crippen molar-refractivity contribution in [1.82, 2.24) is 0 Å². The number of rotatable bonds is 9. The Morgan fingerprint density at radius 1 is 1.00 bits per heavy atom. The topological polar surface area (TPSA) is 83.1 Å². The molecule has 0 aromatic heterocycles. The predicted molar refractivity (Wildman–Crippen MR) is 112 cm³/mol. The van der Waals surface area contributed by atoms with Crippen molar-refractivity contribution in [1.29, 1.82) is 0 Å². The third kappa shape index (κ3) is 6.14. The lowest BCUT2D eigenvalue weighted by Gasteiger charge is -2.09. The number of amides is 1. The Labute approximate surface area is 168 Å². The highest BCUT2D eigenvalue weighted by Gasteiger charge is 2.19. The number of aryl methyl sites for hydroxylation is 1. The zero-order valence-corrected chi connectivity index (χ0v) is 16.4. The number of thioether (sulfide) groups is 1. The Morgan fingerprint density at radius 3 is 2.32 bits per heavy atom. The van der Waals surface area contributed by atoms with Crippen LogP contribution in [-0.2, 0) is 9.53 Å². The van der Waals surface area contributed by atoms with E-state index in [1.807, 2.05) is 55.5 Å². The van der Waals surface area contributed by atoms with E-state index in [2.05, 4.69) is 4.99 Å². The minimum absolute atomic E-state index is 0.271. The van der Waals surface area contributed by atoms with Gasteiger partial charge in [0.1, 0.15) is 24.7 Å². The van der Waals surface area contributed by atoms with Gasteiger partial charge in [-0.1, -0.05) is 24.3 Å². The Kier molecular flexibility index (Phi) is 7.11. The molecule has 3 rings (SSSR count). The molecule has 0 saturated heterocycles. The van der Waals surface area contributed by atoms with Crippen LogP contribution in [0.3, 0.4) is 0 Å². The lowest BCUT2D eigenvalue weighted by Crippen LogP contribution is -2.12. The first-order chi connectivity index (χ1) is 13.6. The molecule has 2 aromatic carbocycles. The van der Waals surface area contributed by atoms with Gasteiger partial charge in [-0.05, 0) is 60.2 Å². The second-order valence-corrected chi connectivity index (χ2v) is 7.13. The second-order valence-electron chi connectivity index (χ2n) is 6.06. The van der Waals surface area contributed by atoms with Gasteiger partial charge in [0.2, 0.25) is 0 Å². The van der Waals surface area contributed by atoms with E-state index in [0.29, 0.717) is 37.1 Å². The van der Waals surface area contributed by atoms with E-state index in [0.717, 1.165) is 16.9 Å². The molecular weight excluding hydrogens is 376 g/mol. The zero-order valence-electron chi connectivity index (χ0n) is 15.6. The summed E-state index contributed by atoms with van der Waals surface area (Å²) in [6, 6.07) is 15.4. The van der Waals surface area contributed by atoms with Gasteiger partial charge in [0.25, 0.3) is 5.91 Å². The molecule has 0 aliphatic carbocycles. The van der Waals surface area contributed by atoms with Crippen molar-refractivity contribution in [2.45, 2.75) is 6.92 Å². The summed E-state index contributed by atoms with van der Waals surface area (Å²) in [6.45, 7) is 3.89. The first-order valence-corrected chi connectivity index (χ1v) is 9.70. The average Bonchev–Trinajstić information content (AvgIpc) is 2.98. The zero-order chi connectivity index (χ0) is 19.8.